The zero-order valence-corrected chi connectivity index (χ0v) is 20.4. The summed E-state index contributed by atoms with van der Waals surface area (Å²) in [6, 6.07) is 8.78. The van der Waals surface area contributed by atoms with E-state index in [1.807, 2.05) is 4.90 Å². The first kappa shape index (κ1) is 25.4. The van der Waals surface area contributed by atoms with Gasteiger partial charge in [0.1, 0.15) is 4.21 Å². The molecule has 0 bridgehead atoms. The first-order chi connectivity index (χ1) is 16.0. The van der Waals surface area contributed by atoms with Crippen molar-refractivity contribution in [1.29, 1.82) is 0 Å². The maximum atomic E-state index is 13.2. The molecule has 188 valence electrons. The van der Waals surface area contributed by atoms with Crippen LogP contribution in [0.3, 0.4) is 0 Å². The first-order valence-electron chi connectivity index (χ1n) is 11.0. The molecule has 2 aromatic rings. The number of rotatable bonds is 6. The number of hydrogen-bond acceptors (Lipinski definition) is 7. The lowest BCUT2D eigenvalue weighted by Crippen LogP contribution is -2.59. The van der Waals surface area contributed by atoms with Gasteiger partial charge in [-0.1, -0.05) is 18.2 Å². The smallest absolute Gasteiger partial charge is 0.379 e. The van der Waals surface area contributed by atoms with Crippen LogP contribution >= 0.6 is 11.3 Å². The number of aliphatic hydroxyl groups is 1. The summed E-state index contributed by atoms with van der Waals surface area (Å²) in [7, 11) is -3.62. The number of ether oxygens (including phenoxy) is 1. The number of anilines is 1. The van der Waals surface area contributed by atoms with E-state index in [1.54, 1.807) is 29.6 Å². The fourth-order valence-corrected chi connectivity index (χ4v) is 6.91. The van der Waals surface area contributed by atoms with Crippen LogP contribution in [-0.4, -0.2) is 87.4 Å². The van der Waals surface area contributed by atoms with Gasteiger partial charge in [-0.15, -0.1) is 11.3 Å². The lowest BCUT2D eigenvalue weighted by atomic mass is 9.95. The van der Waals surface area contributed by atoms with E-state index >= 15 is 0 Å². The number of sulfonamides is 1. The van der Waals surface area contributed by atoms with E-state index in [2.05, 4.69) is 4.90 Å². The molecule has 0 amide bonds. The van der Waals surface area contributed by atoms with Crippen LogP contribution in [0.25, 0.3) is 0 Å². The van der Waals surface area contributed by atoms with E-state index in [0.29, 0.717) is 36.2 Å². The number of benzene rings is 1. The van der Waals surface area contributed by atoms with Crippen molar-refractivity contribution in [2.45, 2.75) is 29.0 Å². The van der Waals surface area contributed by atoms with Crippen LogP contribution in [0.2, 0.25) is 0 Å². The van der Waals surface area contributed by atoms with Gasteiger partial charge in [-0.2, -0.15) is 17.5 Å². The van der Waals surface area contributed by atoms with Crippen molar-refractivity contribution in [3.63, 3.8) is 0 Å². The van der Waals surface area contributed by atoms with Gasteiger partial charge in [0, 0.05) is 45.0 Å². The fraction of sp³-hybridized carbons (Fsp3) is 0.545. The third-order valence-corrected chi connectivity index (χ3v) is 9.66. The van der Waals surface area contributed by atoms with Crippen LogP contribution < -0.4 is 4.90 Å². The molecule has 3 heterocycles. The molecule has 2 unspecified atom stereocenters. The second kappa shape index (κ2) is 9.75. The Balaban J connectivity index is 1.58. The minimum absolute atomic E-state index is 0.199. The van der Waals surface area contributed by atoms with Gasteiger partial charge in [-0.25, -0.2) is 8.42 Å². The molecule has 0 spiro atoms. The summed E-state index contributed by atoms with van der Waals surface area (Å²) in [5.74, 6) is 0. The highest BCUT2D eigenvalue weighted by molar-refractivity contribution is 7.91. The summed E-state index contributed by atoms with van der Waals surface area (Å²) in [6.07, 6.45) is -4.80. The Labute approximate surface area is 201 Å². The molecule has 2 fully saturated rings. The van der Waals surface area contributed by atoms with Crippen molar-refractivity contribution < 1.29 is 31.4 Å². The highest BCUT2D eigenvalue weighted by atomic mass is 32.2. The highest BCUT2D eigenvalue weighted by Crippen LogP contribution is 2.39. The SMILES string of the molecule is CC(O)(c1ccc(N2CCN(S(=O)(=O)c3cccs3)CC2CN2CCOCC2)cc1)C(F)(F)F. The molecule has 2 atom stereocenters. The lowest BCUT2D eigenvalue weighted by molar-refractivity contribution is -0.258. The van der Waals surface area contributed by atoms with Crippen LogP contribution in [-0.2, 0) is 20.4 Å². The third-order valence-electron chi connectivity index (χ3n) is 6.42. The number of piperazine rings is 1. The molecular weight excluding hydrogens is 491 g/mol. The second-order valence-electron chi connectivity index (χ2n) is 8.67. The van der Waals surface area contributed by atoms with E-state index < -0.39 is 21.8 Å². The number of alkyl halides is 3. The van der Waals surface area contributed by atoms with Crippen molar-refractivity contribution in [2.24, 2.45) is 0 Å². The van der Waals surface area contributed by atoms with Crippen LogP contribution in [0.5, 0.6) is 0 Å². The predicted molar refractivity (Wildman–Crippen MR) is 124 cm³/mol. The van der Waals surface area contributed by atoms with Crippen molar-refractivity contribution in [3.05, 3.63) is 47.3 Å². The van der Waals surface area contributed by atoms with Gasteiger partial charge in [0.15, 0.2) is 5.60 Å². The van der Waals surface area contributed by atoms with Crippen molar-refractivity contribution in [2.75, 3.05) is 57.4 Å². The maximum Gasteiger partial charge on any atom is 0.421 e. The average Bonchev–Trinajstić information content (AvgIpc) is 3.35. The Bertz CT molecular complexity index is 1050. The first-order valence-corrected chi connectivity index (χ1v) is 13.3. The minimum atomic E-state index is -4.80. The van der Waals surface area contributed by atoms with Gasteiger partial charge in [-0.05, 0) is 36.1 Å². The Morgan fingerprint density at radius 3 is 2.35 bits per heavy atom. The van der Waals surface area contributed by atoms with E-state index in [9.17, 15) is 26.7 Å². The number of halogens is 3. The Morgan fingerprint density at radius 1 is 1.09 bits per heavy atom. The highest BCUT2D eigenvalue weighted by Gasteiger charge is 2.51. The van der Waals surface area contributed by atoms with Gasteiger partial charge < -0.3 is 14.7 Å². The number of hydrogen-bond donors (Lipinski definition) is 1. The van der Waals surface area contributed by atoms with Crippen LogP contribution in [0.15, 0.2) is 46.0 Å². The molecule has 2 aliphatic heterocycles. The monoisotopic (exact) mass is 519 g/mol. The second-order valence-corrected chi connectivity index (χ2v) is 11.8. The largest absolute Gasteiger partial charge is 0.421 e. The van der Waals surface area contributed by atoms with Crippen LogP contribution in [0, 0.1) is 0 Å². The molecular formula is C22H28F3N3O4S2. The molecule has 0 radical (unpaired) electrons. The summed E-state index contributed by atoms with van der Waals surface area (Å²) in [4.78, 5) is 4.26. The van der Waals surface area contributed by atoms with E-state index in [4.69, 9.17) is 4.74 Å². The molecule has 1 aromatic carbocycles. The molecule has 4 rings (SSSR count). The van der Waals surface area contributed by atoms with Crippen molar-refractivity contribution >= 4 is 27.0 Å². The van der Waals surface area contributed by atoms with Gasteiger partial charge in [0.05, 0.1) is 19.3 Å². The maximum absolute atomic E-state index is 13.2. The normalized spacial score (nSPS) is 23.1. The molecule has 34 heavy (non-hydrogen) atoms. The van der Waals surface area contributed by atoms with E-state index in [-0.39, 0.29) is 24.7 Å². The Morgan fingerprint density at radius 2 is 1.76 bits per heavy atom. The zero-order chi connectivity index (χ0) is 24.6. The Hall–Kier alpha value is -1.70. The number of thiophene rings is 1. The molecule has 1 aromatic heterocycles. The van der Waals surface area contributed by atoms with Gasteiger partial charge in [0.2, 0.25) is 0 Å². The lowest BCUT2D eigenvalue weighted by Gasteiger charge is -2.44. The number of morpholine rings is 1. The van der Waals surface area contributed by atoms with Gasteiger partial charge in [0.25, 0.3) is 10.0 Å². The molecule has 0 saturated carbocycles. The Kier molecular flexibility index (Phi) is 7.28. The summed E-state index contributed by atoms with van der Waals surface area (Å²) < 4.78 is 73.2. The third kappa shape index (κ3) is 5.12. The number of nitrogens with zero attached hydrogens (tertiary/aromatic N) is 3. The van der Waals surface area contributed by atoms with Crippen LogP contribution in [0.4, 0.5) is 18.9 Å². The minimum Gasteiger partial charge on any atom is -0.379 e. The predicted octanol–water partition coefficient (Wildman–Crippen LogP) is 2.73. The van der Waals surface area contributed by atoms with Gasteiger partial charge >= 0.3 is 6.18 Å². The van der Waals surface area contributed by atoms with Crippen LogP contribution in [0.1, 0.15) is 12.5 Å². The van der Waals surface area contributed by atoms with Crippen molar-refractivity contribution in [3.8, 4) is 0 Å². The molecule has 0 aliphatic carbocycles. The molecule has 12 heteroatoms. The average molecular weight is 520 g/mol. The van der Waals surface area contributed by atoms with E-state index in [0.717, 1.165) is 20.0 Å². The molecule has 7 nitrogen and oxygen atoms in total. The van der Waals surface area contributed by atoms with Crippen molar-refractivity contribution in [1.82, 2.24) is 9.21 Å². The summed E-state index contributed by atoms with van der Waals surface area (Å²) in [5.41, 5.74) is -2.51. The van der Waals surface area contributed by atoms with E-state index in [1.165, 1.54) is 27.8 Å². The summed E-state index contributed by atoms with van der Waals surface area (Å²) in [6.45, 7) is 4.93. The molecule has 2 saturated heterocycles. The summed E-state index contributed by atoms with van der Waals surface area (Å²) >= 11 is 1.18. The summed E-state index contributed by atoms with van der Waals surface area (Å²) in [5, 5.41) is 11.7. The molecule has 2 aliphatic rings. The standard InChI is InChI=1S/C22H28F3N3O4S2/c1-21(29,22(23,24)25)17-4-6-18(7-5-17)28-9-8-27(34(30,31)20-3-2-14-33-20)16-19(28)15-26-10-12-32-13-11-26/h2-7,14,19,29H,8-13,15-16H2,1H3. The fourth-order valence-electron chi connectivity index (χ4n) is 4.30. The topological polar surface area (TPSA) is 73.3 Å². The quantitative estimate of drug-likeness (QED) is 0.633. The van der Waals surface area contributed by atoms with Gasteiger partial charge in [-0.3, -0.25) is 4.90 Å². The zero-order valence-electron chi connectivity index (χ0n) is 18.7. The molecule has 1 N–H and O–H groups in total.